The average Bonchev–Trinajstić information content (AvgIpc) is 3.44. The zero-order chi connectivity index (χ0) is 24.5. The van der Waals surface area contributed by atoms with E-state index in [1.54, 1.807) is 0 Å². The van der Waals surface area contributed by atoms with Crippen molar-refractivity contribution in [2.24, 2.45) is 0 Å². The molecule has 3 aromatic heterocycles. The molecule has 0 bridgehead atoms. The highest BCUT2D eigenvalue weighted by atomic mass is 16.4. The fraction of sp³-hybridized carbons (Fsp3) is 0.308. The Labute approximate surface area is 203 Å². The predicted octanol–water partition coefficient (Wildman–Crippen LogP) is 4.25. The fourth-order valence-electron chi connectivity index (χ4n) is 4.64. The maximum Gasteiger partial charge on any atom is 0.292 e. The van der Waals surface area contributed by atoms with E-state index in [9.17, 15) is 0 Å². The third-order valence-corrected chi connectivity index (χ3v) is 6.38. The molecule has 9 heteroatoms. The van der Waals surface area contributed by atoms with Gasteiger partial charge in [0.15, 0.2) is 11.2 Å². The van der Waals surface area contributed by atoms with E-state index < -0.39 is 0 Å². The first-order valence-corrected chi connectivity index (χ1v) is 12.1. The zero-order valence-corrected chi connectivity index (χ0v) is 20.3. The van der Waals surface area contributed by atoms with Gasteiger partial charge in [-0.15, -0.1) is 0 Å². The third-order valence-electron chi connectivity index (χ3n) is 6.38. The molecule has 5 aromatic rings. The van der Waals surface area contributed by atoms with Gasteiger partial charge in [0.05, 0.1) is 11.9 Å². The molecule has 0 aliphatic carbocycles. The second-order valence-corrected chi connectivity index (χ2v) is 8.42. The lowest BCUT2D eigenvalue weighted by atomic mass is 9.97. The molecule has 6 rings (SSSR count). The molecule has 2 aromatic carbocycles. The van der Waals surface area contributed by atoms with Crippen molar-refractivity contribution in [2.75, 3.05) is 24.6 Å². The lowest BCUT2D eigenvalue weighted by Crippen LogP contribution is -2.30. The number of oxazole rings is 1. The van der Waals surface area contributed by atoms with Gasteiger partial charge in [0.25, 0.3) is 6.01 Å². The van der Waals surface area contributed by atoms with E-state index in [4.69, 9.17) is 21.0 Å². The smallest absolute Gasteiger partial charge is 0.292 e. The molecule has 9 nitrogen and oxygen atoms in total. The van der Waals surface area contributed by atoms with Gasteiger partial charge >= 0.3 is 0 Å². The second-order valence-electron chi connectivity index (χ2n) is 8.42. The summed E-state index contributed by atoms with van der Waals surface area (Å²) in [6.07, 6.45) is 2.55. The van der Waals surface area contributed by atoms with Crippen LogP contribution in [0.5, 0.6) is 0 Å². The standard InChI is InChI=1S/C24H24N8O.C2H6/c1-2-31-8-7-15-9-14(3-4-17(15)12-31)11-32-23-20(22(25)27-13-28-23)21(30-32)16-5-6-19-18(10-16)29-24(26)33-19;1-2/h3-6,9-10,13H,2,7-8,11-12H2,1H3,(H2,26,29)(H2,25,27,28);1-2H3. The van der Waals surface area contributed by atoms with Crippen LogP contribution in [0.4, 0.5) is 11.8 Å². The van der Waals surface area contributed by atoms with Crippen LogP contribution in [0.1, 0.15) is 37.5 Å². The van der Waals surface area contributed by atoms with Crippen molar-refractivity contribution in [3.05, 3.63) is 59.4 Å². The summed E-state index contributed by atoms with van der Waals surface area (Å²) < 4.78 is 7.30. The summed E-state index contributed by atoms with van der Waals surface area (Å²) in [5.41, 5.74) is 19.5. The first-order valence-electron chi connectivity index (χ1n) is 12.1. The minimum atomic E-state index is 0.134. The van der Waals surface area contributed by atoms with Gasteiger partial charge in [0.2, 0.25) is 0 Å². The Hall–Kier alpha value is -3.98. The highest BCUT2D eigenvalue weighted by Crippen LogP contribution is 2.32. The number of nitrogens with zero attached hydrogens (tertiary/aromatic N) is 6. The molecule has 0 amide bonds. The van der Waals surface area contributed by atoms with E-state index in [2.05, 4.69) is 45.0 Å². The van der Waals surface area contributed by atoms with Gasteiger partial charge in [-0.2, -0.15) is 10.1 Å². The Bertz CT molecular complexity index is 1500. The molecule has 4 heterocycles. The highest BCUT2D eigenvalue weighted by molar-refractivity contribution is 5.99. The van der Waals surface area contributed by atoms with Crippen molar-refractivity contribution in [1.82, 2.24) is 29.6 Å². The molecule has 0 spiro atoms. The molecule has 1 aliphatic rings. The van der Waals surface area contributed by atoms with Gasteiger partial charge in [0.1, 0.15) is 23.4 Å². The molecule has 0 radical (unpaired) electrons. The van der Waals surface area contributed by atoms with Gasteiger partial charge in [-0.25, -0.2) is 14.6 Å². The predicted molar refractivity (Wildman–Crippen MR) is 139 cm³/mol. The summed E-state index contributed by atoms with van der Waals surface area (Å²) in [5, 5.41) is 5.63. The number of nitrogen functional groups attached to an aromatic ring is 2. The van der Waals surface area contributed by atoms with Crippen molar-refractivity contribution in [3.8, 4) is 11.3 Å². The van der Waals surface area contributed by atoms with E-state index in [1.165, 1.54) is 23.0 Å². The van der Waals surface area contributed by atoms with E-state index in [1.807, 2.05) is 36.7 Å². The van der Waals surface area contributed by atoms with Gasteiger partial charge in [-0.3, -0.25) is 4.90 Å². The maximum absolute atomic E-state index is 6.27. The van der Waals surface area contributed by atoms with Gasteiger partial charge in [-0.1, -0.05) is 39.0 Å². The fourth-order valence-corrected chi connectivity index (χ4v) is 4.64. The number of nitrogens with two attached hydrogens (primary N) is 2. The number of hydrogen-bond donors (Lipinski definition) is 2. The van der Waals surface area contributed by atoms with Crippen LogP contribution < -0.4 is 11.5 Å². The maximum atomic E-state index is 6.27. The third kappa shape index (κ3) is 4.19. The zero-order valence-electron chi connectivity index (χ0n) is 20.3. The Morgan fingerprint density at radius 1 is 1.03 bits per heavy atom. The quantitative estimate of drug-likeness (QED) is 0.399. The summed E-state index contributed by atoms with van der Waals surface area (Å²) in [4.78, 5) is 15.4. The number of likely N-dealkylation sites (N-methyl/N-ethyl adjacent to an activating group) is 1. The summed E-state index contributed by atoms with van der Waals surface area (Å²) in [6.45, 7) is 10.00. The molecule has 0 saturated heterocycles. The minimum absolute atomic E-state index is 0.134. The Morgan fingerprint density at radius 2 is 1.89 bits per heavy atom. The van der Waals surface area contributed by atoms with E-state index in [-0.39, 0.29) is 6.01 Å². The first-order chi connectivity index (χ1) is 17.1. The minimum Gasteiger partial charge on any atom is -0.424 e. The second kappa shape index (κ2) is 9.34. The van der Waals surface area contributed by atoms with E-state index >= 15 is 0 Å². The normalized spacial score (nSPS) is 13.6. The summed E-state index contributed by atoms with van der Waals surface area (Å²) in [7, 11) is 0. The first kappa shape index (κ1) is 22.8. The lowest BCUT2D eigenvalue weighted by molar-refractivity contribution is 0.268. The van der Waals surface area contributed by atoms with Crippen molar-refractivity contribution < 1.29 is 4.42 Å². The Morgan fingerprint density at radius 3 is 2.71 bits per heavy atom. The van der Waals surface area contributed by atoms with Crippen LogP contribution in [-0.4, -0.2) is 42.7 Å². The molecule has 1 aliphatic heterocycles. The molecule has 0 saturated carbocycles. The van der Waals surface area contributed by atoms with Crippen molar-refractivity contribution in [1.29, 1.82) is 0 Å². The van der Waals surface area contributed by atoms with E-state index in [0.717, 1.165) is 37.0 Å². The molecular formula is C26H30N8O. The molecule has 35 heavy (non-hydrogen) atoms. The van der Waals surface area contributed by atoms with Crippen LogP contribution in [0.15, 0.2) is 47.1 Å². The lowest BCUT2D eigenvalue weighted by Gasteiger charge is -2.27. The van der Waals surface area contributed by atoms with Gasteiger partial charge < -0.3 is 15.9 Å². The Kier molecular flexibility index (Phi) is 6.08. The molecule has 0 unspecified atom stereocenters. The van der Waals surface area contributed by atoms with Gasteiger partial charge in [0, 0.05) is 18.7 Å². The molecule has 4 N–H and O–H groups in total. The number of rotatable bonds is 4. The molecule has 0 atom stereocenters. The average molecular weight is 471 g/mol. The van der Waals surface area contributed by atoms with Gasteiger partial charge in [-0.05, 0) is 47.9 Å². The number of benzene rings is 2. The summed E-state index contributed by atoms with van der Waals surface area (Å²) >= 11 is 0. The van der Waals surface area contributed by atoms with E-state index in [0.29, 0.717) is 34.8 Å². The van der Waals surface area contributed by atoms with Crippen LogP contribution in [0.3, 0.4) is 0 Å². The largest absolute Gasteiger partial charge is 0.424 e. The van der Waals surface area contributed by atoms with Crippen molar-refractivity contribution in [2.45, 2.75) is 40.3 Å². The number of anilines is 2. The van der Waals surface area contributed by atoms with Crippen LogP contribution >= 0.6 is 0 Å². The van der Waals surface area contributed by atoms with Crippen molar-refractivity contribution in [3.63, 3.8) is 0 Å². The topological polar surface area (TPSA) is 125 Å². The van der Waals surface area contributed by atoms with Crippen LogP contribution in [0.2, 0.25) is 0 Å². The number of aromatic nitrogens is 5. The van der Waals surface area contributed by atoms with Crippen LogP contribution in [0.25, 0.3) is 33.4 Å². The summed E-state index contributed by atoms with van der Waals surface area (Å²) in [5.74, 6) is 0.395. The Balaban J connectivity index is 0.00000124. The van der Waals surface area contributed by atoms with Crippen molar-refractivity contribution >= 4 is 34.0 Å². The summed E-state index contributed by atoms with van der Waals surface area (Å²) in [6, 6.07) is 12.5. The highest BCUT2D eigenvalue weighted by Gasteiger charge is 2.19. The molecule has 180 valence electrons. The van der Waals surface area contributed by atoms with Crippen LogP contribution in [-0.2, 0) is 19.5 Å². The molecule has 0 fully saturated rings. The monoisotopic (exact) mass is 470 g/mol. The SMILES string of the molecule is CC.CCN1CCc2cc(Cn3nc(-c4ccc5oc(N)nc5c4)c4c(N)ncnc43)ccc2C1. The number of hydrogen-bond acceptors (Lipinski definition) is 8. The van der Waals surface area contributed by atoms with Crippen LogP contribution in [0, 0.1) is 0 Å². The number of fused-ring (bicyclic) bond motifs is 3. The molecular weight excluding hydrogens is 440 g/mol.